The number of nitrogens with one attached hydrogen (secondary N) is 2. The normalized spacial score (nSPS) is 14.6. The number of carbonyl (C=O) groups excluding carboxylic acids is 1. The minimum absolute atomic E-state index is 0.293. The highest BCUT2D eigenvalue weighted by Gasteiger charge is 2.10. The summed E-state index contributed by atoms with van der Waals surface area (Å²) in [6.07, 6.45) is 3.87. The summed E-state index contributed by atoms with van der Waals surface area (Å²) in [6, 6.07) is 9.75. The Kier molecular flexibility index (Phi) is 4.80. The van der Waals surface area contributed by atoms with Gasteiger partial charge in [-0.1, -0.05) is 17.3 Å². The van der Waals surface area contributed by atoms with Crippen molar-refractivity contribution in [3.63, 3.8) is 0 Å². The molecule has 1 saturated heterocycles. The zero-order valence-corrected chi connectivity index (χ0v) is 13.3. The Bertz CT molecular complexity index is 645. The molecule has 2 aromatic rings. The fraction of sp³-hybridized carbons (Fsp3) is 0.412. The van der Waals surface area contributed by atoms with Crippen LogP contribution in [0.2, 0.25) is 0 Å². The largest absolute Gasteiger partial charge is 0.372 e. The lowest BCUT2D eigenvalue weighted by molar-refractivity contribution is 0.251. The first kappa shape index (κ1) is 15.4. The Balaban J connectivity index is 1.49. The summed E-state index contributed by atoms with van der Waals surface area (Å²) >= 11 is 0. The van der Waals surface area contributed by atoms with Crippen LogP contribution in [0.15, 0.2) is 34.9 Å². The molecule has 6 heteroatoms. The van der Waals surface area contributed by atoms with E-state index in [-0.39, 0.29) is 6.03 Å². The maximum absolute atomic E-state index is 11.8. The first-order valence-electron chi connectivity index (χ1n) is 8.03. The monoisotopic (exact) mass is 314 g/mol. The Morgan fingerprint density at radius 2 is 1.96 bits per heavy atom. The highest BCUT2D eigenvalue weighted by Crippen LogP contribution is 2.20. The van der Waals surface area contributed by atoms with Gasteiger partial charge in [0.25, 0.3) is 0 Å². The number of amides is 2. The van der Waals surface area contributed by atoms with E-state index >= 15 is 0 Å². The molecule has 2 heterocycles. The van der Waals surface area contributed by atoms with Crippen LogP contribution in [0.25, 0.3) is 0 Å². The van der Waals surface area contributed by atoms with Crippen molar-refractivity contribution in [1.29, 1.82) is 0 Å². The quantitative estimate of drug-likeness (QED) is 0.908. The maximum atomic E-state index is 11.8. The Labute approximate surface area is 135 Å². The highest BCUT2D eigenvalue weighted by molar-refractivity contribution is 5.88. The second-order valence-corrected chi connectivity index (χ2v) is 5.84. The molecule has 0 radical (unpaired) electrons. The molecule has 122 valence electrons. The number of carbonyl (C=O) groups is 1. The van der Waals surface area contributed by atoms with Gasteiger partial charge in [0.1, 0.15) is 5.76 Å². The lowest BCUT2D eigenvalue weighted by Crippen LogP contribution is -2.29. The lowest BCUT2D eigenvalue weighted by atomic mass is 10.1. The van der Waals surface area contributed by atoms with Crippen LogP contribution in [0.1, 0.15) is 30.6 Å². The van der Waals surface area contributed by atoms with E-state index in [1.165, 1.54) is 24.9 Å². The predicted octanol–water partition coefficient (Wildman–Crippen LogP) is 3.30. The van der Waals surface area contributed by atoms with Crippen LogP contribution in [-0.2, 0) is 6.54 Å². The average Bonchev–Trinajstić information content (AvgIpc) is 2.99. The van der Waals surface area contributed by atoms with Gasteiger partial charge in [0.05, 0.1) is 0 Å². The van der Waals surface area contributed by atoms with E-state index in [9.17, 15) is 4.79 Å². The molecule has 1 aromatic carbocycles. The first-order chi connectivity index (χ1) is 11.2. The molecule has 0 unspecified atom stereocenters. The van der Waals surface area contributed by atoms with Gasteiger partial charge >= 0.3 is 6.03 Å². The summed E-state index contributed by atoms with van der Waals surface area (Å²) in [4.78, 5) is 14.2. The van der Waals surface area contributed by atoms with Crippen LogP contribution in [0.5, 0.6) is 0 Å². The molecule has 1 aromatic heterocycles. The maximum Gasteiger partial charge on any atom is 0.320 e. The minimum atomic E-state index is -0.293. The number of aromatic nitrogens is 1. The Hall–Kier alpha value is -2.50. The van der Waals surface area contributed by atoms with Crippen molar-refractivity contribution in [3.8, 4) is 0 Å². The van der Waals surface area contributed by atoms with Gasteiger partial charge in [0.2, 0.25) is 0 Å². The summed E-state index contributed by atoms with van der Waals surface area (Å²) in [6.45, 7) is 4.52. The molecule has 1 aliphatic heterocycles. The van der Waals surface area contributed by atoms with E-state index in [2.05, 4.69) is 45.0 Å². The van der Waals surface area contributed by atoms with Crippen LogP contribution in [0.3, 0.4) is 0 Å². The number of nitrogens with zero attached hydrogens (tertiary/aromatic N) is 2. The lowest BCUT2D eigenvalue weighted by Gasteiger charge is -2.28. The van der Waals surface area contributed by atoms with Crippen molar-refractivity contribution in [2.75, 3.05) is 23.3 Å². The van der Waals surface area contributed by atoms with Gasteiger partial charge in [0.15, 0.2) is 5.82 Å². The fourth-order valence-corrected chi connectivity index (χ4v) is 2.74. The van der Waals surface area contributed by atoms with Crippen molar-refractivity contribution in [1.82, 2.24) is 10.5 Å². The third kappa shape index (κ3) is 4.25. The van der Waals surface area contributed by atoms with Gasteiger partial charge in [0, 0.05) is 31.4 Å². The van der Waals surface area contributed by atoms with E-state index in [1.807, 2.05) is 0 Å². The molecule has 2 amide bonds. The average molecular weight is 314 g/mol. The van der Waals surface area contributed by atoms with Gasteiger partial charge in [-0.3, -0.25) is 5.32 Å². The molecule has 0 saturated carbocycles. The number of anilines is 2. The number of rotatable bonds is 4. The molecule has 0 atom stereocenters. The first-order valence-corrected chi connectivity index (χ1v) is 8.03. The van der Waals surface area contributed by atoms with Crippen LogP contribution < -0.4 is 15.5 Å². The molecular formula is C17H22N4O2. The highest BCUT2D eigenvalue weighted by atomic mass is 16.5. The van der Waals surface area contributed by atoms with E-state index in [0.717, 1.165) is 18.7 Å². The SMILES string of the molecule is Cc1cc(NC(=O)NCc2ccc(N3CCCCC3)cc2)no1. The number of hydrogen-bond acceptors (Lipinski definition) is 4. The minimum Gasteiger partial charge on any atom is -0.372 e. The topological polar surface area (TPSA) is 70.4 Å². The fourth-order valence-electron chi connectivity index (χ4n) is 2.74. The molecule has 3 rings (SSSR count). The molecular weight excluding hydrogens is 292 g/mol. The predicted molar refractivity (Wildman–Crippen MR) is 89.6 cm³/mol. The number of aryl methyl sites for hydroxylation is 1. The van der Waals surface area contributed by atoms with E-state index in [0.29, 0.717) is 18.1 Å². The molecule has 6 nitrogen and oxygen atoms in total. The van der Waals surface area contributed by atoms with E-state index in [4.69, 9.17) is 4.52 Å². The molecule has 0 spiro atoms. The van der Waals surface area contributed by atoms with Crippen molar-refractivity contribution in [2.24, 2.45) is 0 Å². The number of urea groups is 1. The van der Waals surface area contributed by atoms with E-state index < -0.39 is 0 Å². The van der Waals surface area contributed by atoms with Crippen molar-refractivity contribution in [3.05, 3.63) is 41.7 Å². The van der Waals surface area contributed by atoms with E-state index in [1.54, 1.807) is 13.0 Å². The van der Waals surface area contributed by atoms with Crippen LogP contribution >= 0.6 is 0 Å². The summed E-state index contributed by atoms with van der Waals surface area (Å²) < 4.78 is 4.90. The third-order valence-corrected chi connectivity index (χ3v) is 3.98. The van der Waals surface area contributed by atoms with Gasteiger partial charge in [-0.05, 0) is 43.9 Å². The smallest absolute Gasteiger partial charge is 0.320 e. The molecule has 0 aliphatic carbocycles. The molecule has 23 heavy (non-hydrogen) atoms. The second kappa shape index (κ2) is 7.17. The van der Waals surface area contributed by atoms with Crippen molar-refractivity contribution >= 4 is 17.5 Å². The van der Waals surface area contributed by atoms with Gasteiger partial charge in [-0.15, -0.1) is 0 Å². The Morgan fingerprint density at radius 3 is 2.61 bits per heavy atom. The van der Waals surface area contributed by atoms with Crippen LogP contribution in [0.4, 0.5) is 16.3 Å². The van der Waals surface area contributed by atoms with Crippen LogP contribution in [-0.4, -0.2) is 24.3 Å². The number of hydrogen-bond donors (Lipinski definition) is 2. The van der Waals surface area contributed by atoms with Crippen molar-refractivity contribution < 1.29 is 9.32 Å². The summed E-state index contributed by atoms with van der Waals surface area (Å²) in [7, 11) is 0. The zero-order valence-electron chi connectivity index (χ0n) is 13.3. The second-order valence-electron chi connectivity index (χ2n) is 5.84. The van der Waals surface area contributed by atoms with Gasteiger partial charge in [-0.25, -0.2) is 4.79 Å². The molecule has 2 N–H and O–H groups in total. The summed E-state index contributed by atoms with van der Waals surface area (Å²) in [5, 5.41) is 9.16. The zero-order chi connectivity index (χ0) is 16.1. The van der Waals surface area contributed by atoms with Gasteiger partial charge in [-0.2, -0.15) is 0 Å². The van der Waals surface area contributed by atoms with Crippen molar-refractivity contribution in [2.45, 2.75) is 32.7 Å². The molecule has 1 aliphatic rings. The van der Waals surface area contributed by atoms with Crippen LogP contribution in [0, 0.1) is 6.92 Å². The summed E-state index contributed by atoms with van der Waals surface area (Å²) in [5.74, 6) is 1.08. The third-order valence-electron chi connectivity index (χ3n) is 3.98. The standard InChI is InChI=1S/C17H22N4O2/c1-13-11-16(20-23-13)19-17(22)18-12-14-5-7-15(8-6-14)21-9-3-2-4-10-21/h5-8,11H,2-4,9-10,12H2,1H3,(H2,18,19,20,22). The Morgan fingerprint density at radius 1 is 1.22 bits per heavy atom. The van der Waals surface area contributed by atoms with Gasteiger partial charge < -0.3 is 14.7 Å². The summed E-state index contributed by atoms with van der Waals surface area (Å²) in [5.41, 5.74) is 2.33. The number of piperidine rings is 1. The molecule has 0 bridgehead atoms. The molecule has 1 fully saturated rings. The number of benzene rings is 1.